The fourth-order valence-corrected chi connectivity index (χ4v) is 7.56. The minimum atomic E-state index is -4.59. The van der Waals surface area contributed by atoms with Crippen LogP contribution in [0.4, 0.5) is 24.7 Å². The van der Waals surface area contributed by atoms with E-state index < -0.39 is 24.4 Å². The molecular weight excluding hydrogens is 688 g/mol. The van der Waals surface area contributed by atoms with Gasteiger partial charge < -0.3 is 34.2 Å². The Balaban J connectivity index is 0.00000464. The van der Waals surface area contributed by atoms with Crippen LogP contribution in [0.25, 0.3) is 33.9 Å². The van der Waals surface area contributed by atoms with E-state index in [2.05, 4.69) is 29.7 Å². The molecule has 3 fully saturated rings. The standard InChI is InChI=1S/C36H43F3N8O4.Na/c1-46(20-35(21-50-2)10-4-3-5-11-35)28-16-26(23-14-25(22-6-7-22)42-29(15-23)36(37,38)39)43-34-32(28)44-33(45-34)27-17-41-30(18-40-27)47-12-8-24(9-13-47)51-19-31(48)49;/h14-18,22,24H,3-13,19-21H2,1-2H3,(H,48,49)(H,43,44,45);/q;+1/p-1. The molecule has 1 N–H and O–H groups in total. The summed E-state index contributed by atoms with van der Waals surface area (Å²) in [5, 5.41) is 10.7. The van der Waals surface area contributed by atoms with Crippen molar-refractivity contribution in [2.24, 2.45) is 5.41 Å². The number of nitrogens with zero attached hydrogens (tertiary/aromatic N) is 7. The smallest absolute Gasteiger partial charge is 0.548 e. The van der Waals surface area contributed by atoms with E-state index in [9.17, 15) is 23.1 Å². The van der Waals surface area contributed by atoms with Crippen LogP contribution in [0.1, 0.15) is 75.1 Å². The summed E-state index contributed by atoms with van der Waals surface area (Å²) in [6.07, 6.45) is 6.96. The molecule has 52 heavy (non-hydrogen) atoms. The SMILES string of the molecule is COCC1(CN(C)c2cc(-c3cc(C4CC4)nc(C(F)(F)F)c3)nc3nc(-c4cnc(N5CCC(OCC(=O)[O-])CC5)cn4)[nH]c23)CCCCC1.[Na+]. The number of alkyl halides is 3. The van der Waals surface area contributed by atoms with Gasteiger partial charge in [-0.2, -0.15) is 13.2 Å². The molecule has 3 aliphatic rings. The second-order valence-electron chi connectivity index (χ2n) is 14.2. The number of hydrogen-bond acceptors (Lipinski definition) is 11. The normalized spacial score (nSPS) is 18.0. The van der Waals surface area contributed by atoms with E-state index in [0.29, 0.717) is 84.5 Å². The largest absolute Gasteiger partial charge is 1.00 e. The van der Waals surface area contributed by atoms with Gasteiger partial charge in [-0.15, -0.1) is 0 Å². The number of pyridine rings is 2. The topological polar surface area (TPSA) is 145 Å². The predicted molar refractivity (Wildman–Crippen MR) is 182 cm³/mol. The van der Waals surface area contributed by atoms with Crippen molar-refractivity contribution < 1.29 is 62.1 Å². The van der Waals surface area contributed by atoms with Gasteiger partial charge >= 0.3 is 35.7 Å². The number of piperidine rings is 1. The maximum atomic E-state index is 14.0. The van der Waals surface area contributed by atoms with Gasteiger partial charge in [0, 0.05) is 56.4 Å². The molecule has 0 bridgehead atoms. The second-order valence-corrected chi connectivity index (χ2v) is 14.2. The van der Waals surface area contributed by atoms with E-state index in [1.165, 1.54) is 6.42 Å². The molecule has 5 heterocycles. The Morgan fingerprint density at radius 3 is 2.40 bits per heavy atom. The number of fused-ring (bicyclic) bond motifs is 1. The summed E-state index contributed by atoms with van der Waals surface area (Å²) in [6, 6.07) is 4.65. The van der Waals surface area contributed by atoms with E-state index in [-0.39, 0.29) is 47.0 Å². The van der Waals surface area contributed by atoms with Crippen LogP contribution >= 0.6 is 0 Å². The molecule has 1 saturated heterocycles. The number of ether oxygens (including phenoxy) is 2. The minimum Gasteiger partial charge on any atom is -0.548 e. The quantitative estimate of drug-likeness (QED) is 0.214. The number of carboxylic acid groups (broad SMARTS) is 1. The van der Waals surface area contributed by atoms with Crippen LogP contribution in [0.2, 0.25) is 0 Å². The Bertz CT molecular complexity index is 1850. The molecule has 272 valence electrons. The maximum Gasteiger partial charge on any atom is 1.00 e. The molecule has 0 amide bonds. The van der Waals surface area contributed by atoms with Gasteiger partial charge in [0.2, 0.25) is 0 Å². The number of imidazole rings is 1. The first-order chi connectivity index (χ1) is 24.5. The van der Waals surface area contributed by atoms with Crippen LogP contribution in [-0.2, 0) is 20.4 Å². The first-order valence-corrected chi connectivity index (χ1v) is 17.6. The summed E-state index contributed by atoms with van der Waals surface area (Å²) in [6.45, 7) is 2.16. The molecule has 2 saturated carbocycles. The van der Waals surface area contributed by atoms with Crippen molar-refractivity contribution in [3.63, 3.8) is 0 Å². The molecular formula is C36H42F3N8NaO4. The number of carbonyl (C=O) groups excluding carboxylic acids is 1. The Labute approximate surface area is 322 Å². The van der Waals surface area contributed by atoms with Crippen LogP contribution in [0.5, 0.6) is 0 Å². The third-order valence-corrected chi connectivity index (χ3v) is 10.3. The van der Waals surface area contributed by atoms with E-state index >= 15 is 0 Å². The number of carboxylic acids is 1. The third kappa shape index (κ3) is 8.70. The van der Waals surface area contributed by atoms with Crippen LogP contribution in [0.15, 0.2) is 30.6 Å². The fourth-order valence-electron chi connectivity index (χ4n) is 7.56. The monoisotopic (exact) mass is 730 g/mol. The van der Waals surface area contributed by atoms with Crippen molar-refractivity contribution in [2.45, 2.75) is 76.0 Å². The molecule has 0 atom stereocenters. The van der Waals surface area contributed by atoms with Crippen molar-refractivity contribution >= 4 is 28.6 Å². The zero-order chi connectivity index (χ0) is 35.8. The van der Waals surface area contributed by atoms with Gasteiger partial charge in [0.1, 0.15) is 22.7 Å². The number of methoxy groups -OCH3 is 1. The van der Waals surface area contributed by atoms with Crippen LogP contribution in [-0.4, -0.2) is 89.0 Å². The molecule has 4 aromatic heterocycles. The van der Waals surface area contributed by atoms with Crippen LogP contribution < -0.4 is 44.5 Å². The molecule has 12 nitrogen and oxygen atoms in total. The molecule has 16 heteroatoms. The Morgan fingerprint density at radius 2 is 1.77 bits per heavy atom. The average Bonchev–Trinajstić information content (AvgIpc) is 3.89. The molecule has 1 aliphatic heterocycles. The number of H-pyrrole nitrogens is 1. The van der Waals surface area contributed by atoms with E-state index in [1.807, 2.05) is 13.1 Å². The van der Waals surface area contributed by atoms with Gasteiger partial charge in [-0.3, -0.25) is 0 Å². The van der Waals surface area contributed by atoms with Gasteiger partial charge in [-0.1, -0.05) is 19.3 Å². The fraction of sp³-hybridized carbons (Fsp3) is 0.556. The molecule has 4 aromatic rings. The van der Waals surface area contributed by atoms with Crippen molar-refractivity contribution in [3.8, 4) is 22.8 Å². The van der Waals surface area contributed by atoms with Crippen molar-refractivity contribution in [1.82, 2.24) is 29.9 Å². The zero-order valence-corrected chi connectivity index (χ0v) is 31.8. The van der Waals surface area contributed by atoms with Gasteiger partial charge in [0.15, 0.2) is 11.5 Å². The zero-order valence-electron chi connectivity index (χ0n) is 29.8. The van der Waals surface area contributed by atoms with Crippen LogP contribution in [0, 0.1) is 5.41 Å². The number of hydrogen-bond donors (Lipinski definition) is 1. The maximum absolute atomic E-state index is 14.0. The van der Waals surface area contributed by atoms with Crippen LogP contribution in [0.3, 0.4) is 0 Å². The van der Waals surface area contributed by atoms with Crippen molar-refractivity contribution in [2.75, 3.05) is 56.8 Å². The molecule has 2 aliphatic carbocycles. The van der Waals surface area contributed by atoms with E-state index in [4.69, 9.17) is 19.4 Å². The Hall–Kier alpha value is -3.37. The van der Waals surface area contributed by atoms with Gasteiger partial charge in [-0.05, 0) is 56.7 Å². The summed E-state index contributed by atoms with van der Waals surface area (Å²) in [5.41, 5.74) is 2.45. The number of carbonyl (C=O) groups is 1. The summed E-state index contributed by atoms with van der Waals surface area (Å²) in [5.74, 6) is -0.101. The summed E-state index contributed by atoms with van der Waals surface area (Å²) in [7, 11) is 3.72. The predicted octanol–water partition coefficient (Wildman–Crippen LogP) is 2.15. The summed E-state index contributed by atoms with van der Waals surface area (Å²) >= 11 is 0. The van der Waals surface area contributed by atoms with Crippen molar-refractivity contribution in [3.05, 3.63) is 42.0 Å². The number of anilines is 2. The third-order valence-electron chi connectivity index (χ3n) is 10.3. The van der Waals surface area contributed by atoms with Crippen molar-refractivity contribution in [1.29, 1.82) is 0 Å². The molecule has 0 radical (unpaired) electrons. The van der Waals surface area contributed by atoms with Gasteiger partial charge in [0.05, 0.1) is 49.1 Å². The van der Waals surface area contributed by atoms with Gasteiger partial charge in [-0.25, -0.2) is 24.9 Å². The van der Waals surface area contributed by atoms with E-state index in [1.54, 1.807) is 25.6 Å². The van der Waals surface area contributed by atoms with Gasteiger partial charge in [0.25, 0.3) is 0 Å². The number of aliphatic carboxylic acids is 1. The molecule has 0 aromatic carbocycles. The minimum absolute atomic E-state index is 0. The Kier molecular flexibility index (Phi) is 11.8. The first kappa shape index (κ1) is 38.4. The Morgan fingerprint density at radius 1 is 1.02 bits per heavy atom. The average molecular weight is 731 g/mol. The second kappa shape index (κ2) is 15.9. The molecule has 0 spiro atoms. The summed E-state index contributed by atoms with van der Waals surface area (Å²) < 4.78 is 53.2. The molecule has 7 rings (SSSR count). The molecule has 0 unspecified atom stereocenters. The number of halogens is 3. The number of aromatic nitrogens is 6. The summed E-state index contributed by atoms with van der Waals surface area (Å²) in [4.78, 5) is 41.2. The van der Waals surface area contributed by atoms with E-state index in [0.717, 1.165) is 50.3 Å². The number of rotatable bonds is 12. The number of nitrogens with one attached hydrogen (secondary N) is 1. The first-order valence-electron chi connectivity index (χ1n) is 17.6. The number of aromatic amines is 1.